The summed E-state index contributed by atoms with van der Waals surface area (Å²) in [5, 5.41) is 23.4. The molecular weight excluding hydrogens is 442 g/mol. The fraction of sp³-hybridized carbons (Fsp3) is 0.591. The van der Waals surface area contributed by atoms with Gasteiger partial charge in [0.05, 0.1) is 6.33 Å². The Morgan fingerprint density at radius 3 is 2.65 bits per heavy atom. The number of ether oxygens (including phenoxy) is 1. The molecular formula is C22H29N7O5. The average molecular weight is 472 g/mol. The number of primary amides is 1. The van der Waals surface area contributed by atoms with Crippen molar-refractivity contribution >= 4 is 28.8 Å². The quantitative estimate of drug-likeness (QED) is 0.347. The van der Waals surface area contributed by atoms with Crippen LogP contribution in [0.2, 0.25) is 0 Å². The summed E-state index contributed by atoms with van der Waals surface area (Å²) in [7, 11) is 0. The fourth-order valence-corrected chi connectivity index (χ4v) is 4.49. The molecule has 0 bridgehead atoms. The van der Waals surface area contributed by atoms with E-state index in [9.17, 15) is 19.8 Å². The van der Waals surface area contributed by atoms with Crippen LogP contribution >= 0.6 is 0 Å². The Kier molecular flexibility index (Phi) is 6.97. The minimum absolute atomic E-state index is 0.0469. The molecule has 1 saturated heterocycles. The highest BCUT2D eigenvalue weighted by Crippen LogP contribution is 2.32. The van der Waals surface area contributed by atoms with Gasteiger partial charge in [-0.25, -0.2) is 15.0 Å². The number of carbonyl (C=O) groups is 2. The molecule has 0 spiro atoms. The van der Waals surface area contributed by atoms with Crippen LogP contribution in [0.4, 0.5) is 5.82 Å². The SMILES string of the molecule is CCNC(=O)C1OC(n2cnc3c(N)nc(C#CCC4CCC(C(N)=O)CC4)nc32)C(O)C1O. The summed E-state index contributed by atoms with van der Waals surface area (Å²) >= 11 is 0. The molecule has 34 heavy (non-hydrogen) atoms. The maximum absolute atomic E-state index is 12.2. The molecule has 4 rings (SSSR count). The zero-order valence-electron chi connectivity index (χ0n) is 18.8. The van der Waals surface area contributed by atoms with Crippen LogP contribution in [-0.4, -0.2) is 66.4 Å². The number of nitrogens with two attached hydrogens (primary N) is 2. The third kappa shape index (κ3) is 4.68. The molecule has 0 radical (unpaired) electrons. The van der Waals surface area contributed by atoms with Crippen LogP contribution in [0.5, 0.6) is 0 Å². The number of nitrogens with one attached hydrogen (secondary N) is 1. The number of amides is 2. The van der Waals surface area contributed by atoms with Crippen molar-refractivity contribution in [1.82, 2.24) is 24.8 Å². The number of anilines is 1. The minimum atomic E-state index is -1.42. The highest BCUT2D eigenvalue weighted by Gasteiger charge is 2.47. The maximum atomic E-state index is 12.2. The first kappa shape index (κ1) is 23.9. The topological polar surface area (TPSA) is 192 Å². The van der Waals surface area contributed by atoms with Gasteiger partial charge in [0.2, 0.25) is 11.7 Å². The molecule has 1 saturated carbocycles. The van der Waals surface area contributed by atoms with Crippen LogP contribution in [-0.2, 0) is 14.3 Å². The van der Waals surface area contributed by atoms with Gasteiger partial charge in [-0.05, 0) is 44.4 Å². The maximum Gasteiger partial charge on any atom is 0.252 e. The third-order valence-corrected chi connectivity index (χ3v) is 6.41. The van der Waals surface area contributed by atoms with Crippen molar-refractivity contribution in [2.75, 3.05) is 12.3 Å². The summed E-state index contributed by atoms with van der Waals surface area (Å²) in [5.41, 5.74) is 12.0. The molecule has 3 heterocycles. The van der Waals surface area contributed by atoms with Crippen LogP contribution in [0.25, 0.3) is 11.2 Å². The number of carbonyl (C=O) groups excluding carboxylic acids is 2. The van der Waals surface area contributed by atoms with Crippen molar-refractivity contribution in [3.63, 3.8) is 0 Å². The van der Waals surface area contributed by atoms with Crippen molar-refractivity contribution in [2.45, 2.75) is 63.6 Å². The largest absolute Gasteiger partial charge is 0.387 e. The normalized spacial score (nSPS) is 28.9. The zero-order valence-corrected chi connectivity index (χ0v) is 18.8. The second-order valence-corrected chi connectivity index (χ2v) is 8.71. The van der Waals surface area contributed by atoms with Gasteiger partial charge in [0.15, 0.2) is 23.8 Å². The summed E-state index contributed by atoms with van der Waals surface area (Å²) in [4.78, 5) is 36.3. The molecule has 2 amide bonds. The molecule has 1 aliphatic carbocycles. The van der Waals surface area contributed by atoms with E-state index in [-0.39, 0.29) is 29.1 Å². The van der Waals surface area contributed by atoms with Gasteiger partial charge in [0.1, 0.15) is 17.7 Å². The van der Waals surface area contributed by atoms with Crippen molar-refractivity contribution in [3.8, 4) is 11.8 Å². The average Bonchev–Trinajstić information content (AvgIpc) is 3.36. The number of nitrogens with zero attached hydrogens (tertiary/aromatic N) is 4. The van der Waals surface area contributed by atoms with Crippen LogP contribution in [0.15, 0.2) is 6.33 Å². The monoisotopic (exact) mass is 471 g/mol. The number of likely N-dealkylation sites (N-methyl/N-ethyl adjacent to an activating group) is 1. The molecule has 0 aromatic carbocycles. The van der Waals surface area contributed by atoms with E-state index in [4.69, 9.17) is 16.2 Å². The van der Waals surface area contributed by atoms with Crippen LogP contribution in [0, 0.1) is 23.7 Å². The molecule has 1 aliphatic heterocycles. The zero-order chi connectivity index (χ0) is 24.4. The number of rotatable bonds is 5. The summed E-state index contributed by atoms with van der Waals surface area (Å²) in [6.45, 7) is 2.10. The van der Waals surface area contributed by atoms with Gasteiger partial charge >= 0.3 is 0 Å². The van der Waals surface area contributed by atoms with E-state index < -0.39 is 30.4 Å². The third-order valence-electron chi connectivity index (χ3n) is 6.41. The number of aromatic nitrogens is 4. The number of hydrogen-bond donors (Lipinski definition) is 5. The molecule has 4 atom stereocenters. The van der Waals surface area contributed by atoms with E-state index in [1.807, 2.05) is 0 Å². The molecule has 2 aromatic heterocycles. The van der Waals surface area contributed by atoms with E-state index in [1.54, 1.807) is 6.92 Å². The lowest BCUT2D eigenvalue weighted by Crippen LogP contribution is -2.42. The summed E-state index contributed by atoms with van der Waals surface area (Å²) in [5.74, 6) is 5.89. The van der Waals surface area contributed by atoms with Gasteiger partial charge in [-0.3, -0.25) is 14.2 Å². The van der Waals surface area contributed by atoms with Gasteiger partial charge in [-0.2, -0.15) is 0 Å². The Hall–Kier alpha value is -3.27. The standard InChI is InChI=1S/C22H29N7O5/c1-2-25-21(33)17-15(30)16(31)22(34-17)29-10-26-14-18(23)27-13(28-20(14)29)5-3-4-11-6-8-12(9-7-11)19(24)32/h10-12,15-17,22,30-31H,2,4,6-9H2,1H3,(H2,24,32)(H,25,33)(H2,23,27,28). The fourth-order valence-electron chi connectivity index (χ4n) is 4.49. The van der Waals surface area contributed by atoms with E-state index in [1.165, 1.54) is 10.9 Å². The van der Waals surface area contributed by atoms with Crippen molar-refractivity contribution in [3.05, 3.63) is 12.2 Å². The van der Waals surface area contributed by atoms with Crippen molar-refractivity contribution < 1.29 is 24.5 Å². The second-order valence-electron chi connectivity index (χ2n) is 8.71. The lowest BCUT2D eigenvalue weighted by molar-refractivity contribution is -0.137. The smallest absolute Gasteiger partial charge is 0.252 e. The number of fused-ring (bicyclic) bond motifs is 1. The summed E-state index contributed by atoms with van der Waals surface area (Å²) < 4.78 is 7.07. The number of imidazole rings is 1. The molecule has 4 unspecified atom stereocenters. The van der Waals surface area contributed by atoms with Gasteiger partial charge in [0, 0.05) is 18.9 Å². The van der Waals surface area contributed by atoms with Crippen molar-refractivity contribution in [2.24, 2.45) is 17.6 Å². The van der Waals surface area contributed by atoms with Crippen LogP contribution < -0.4 is 16.8 Å². The molecule has 12 heteroatoms. The Morgan fingerprint density at radius 2 is 1.97 bits per heavy atom. The Labute approximate surface area is 196 Å². The van der Waals surface area contributed by atoms with E-state index >= 15 is 0 Å². The predicted octanol–water partition coefficient (Wildman–Crippen LogP) is -0.803. The van der Waals surface area contributed by atoms with Gasteiger partial charge < -0.3 is 31.7 Å². The Bertz CT molecular complexity index is 1130. The number of hydrogen-bond acceptors (Lipinski definition) is 9. The molecule has 2 aliphatic rings. The lowest BCUT2D eigenvalue weighted by atomic mass is 9.80. The summed E-state index contributed by atoms with van der Waals surface area (Å²) in [6.07, 6.45) is 0.215. The molecule has 7 N–H and O–H groups in total. The molecule has 182 valence electrons. The van der Waals surface area contributed by atoms with Crippen LogP contribution in [0.3, 0.4) is 0 Å². The van der Waals surface area contributed by atoms with Gasteiger partial charge in [-0.1, -0.05) is 5.92 Å². The van der Waals surface area contributed by atoms with Gasteiger partial charge in [-0.15, -0.1) is 0 Å². The predicted molar refractivity (Wildman–Crippen MR) is 120 cm³/mol. The molecule has 2 aromatic rings. The Balaban J connectivity index is 1.52. The van der Waals surface area contributed by atoms with E-state index in [0.29, 0.717) is 24.4 Å². The Morgan fingerprint density at radius 1 is 1.24 bits per heavy atom. The van der Waals surface area contributed by atoms with Crippen LogP contribution in [0.1, 0.15) is 51.1 Å². The lowest BCUT2D eigenvalue weighted by Gasteiger charge is -2.25. The summed E-state index contributed by atoms with van der Waals surface area (Å²) in [6, 6.07) is 0. The van der Waals surface area contributed by atoms with E-state index in [2.05, 4.69) is 32.1 Å². The number of aliphatic hydroxyl groups excluding tert-OH is 2. The molecule has 2 fully saturated rings. The first-order chi connectivity index (χ1) is 16.3. The highest BCUT2D eigenvalue weighted by atomic mass is 16.6. The molecule has 12 nitrogen and oxygen atoms in total. The highest BCUT2D eigenvalue weighted by molar-refractivity contribution is 5.83. The minimum Gasteiger partial charge on any atom is -0.387 e. The number of aliphatic hydroxyl groups is 2. The first-order valence-electron chi connectivity index (χ1n) is 11.4. The van der Waals surface area contributed by atoms with Crippen molar-refractivity contribution in [1.29, 1.82) is 0 Å². The van der Waals surface area contributed by atoms with E-state index in [0.717, 1.165) is 25.7 Å². The first-order valence-corrected chi connectivity index (χ1v) is 11.4. The van der Waals surface area contributed by atoms with Gasteiger partial charge in [0.25, 0.3) is 5.91 Å². The number of nitrogen functional groups attached to an aromatic ring is 1. The second kappa shape index (κ2) is 9.92.